The highest BCUT2D eigenvalue weighted by Crippen LogP contribution is 2.15. The Morgan fingerprint density at radius 2 is 0.971 bits per heavy atom. The first-order chi connectivity index (χ1) is 16.3. The third kappa shape index (κ3) is 12.0. The van der Waals surface area contributed by atoms with Gasteiger partial charge in [-0.3, -0.25) is 0 Å². The largest absolute Gasteiger partial charge is 0.310 e. The summed E-state index contributed by atoms with van der Waals surface area (Å²) in [6, 6.07) is 12.4. The minimum atomic E-state index is 0.762. The first-order valence-electron chi connectivity index (χ1n) is 12.3. The topological polar surface area (TPSA) is 62.8 Å². The number of aromatic nitrogens is 2. The van der Waals surface area contributed by atoms with Crippen LogP contribution in [-0.2, 0) is 13.1 Å². The molecule has 0 amide bonds. The van der Waals surface area contributed by atoms with E-state index < -0.39 is 0 Å². The van der Waals surface area contributed by atoms with Crippen molar-refractivity contribution in [1.82, 2.24) is 40.2 Å². The molecular weight excluding hydrogens is 424 g/mol. The normalized spacial score (nSPS) is 11.9. The molecule has 0 aromatic carbocycles. The minimum Gasteiger partial charge on any atom is -0.310 e. The number of hydrogen-bond acceptors (Lipinski definition) is 8. The fraction of sp³-hybridized carbons (Fsp3) is 0.615. The number of hydrogen-bond donors (Lipinski definition) is 2. The van der Waals surface area contributed by atoms with E-state index in [1.54, 1.807) is 0 Å². The first kappa shape index (κ1) is 28.3. The number of nitrogens with zero attached hydrogens (tertiary/aromatic N) is 6. The molecule has 2 aromatic heterocycles. The Hall–Kier alpha value is -1.94. The van der Waals surface area contributed by atoms with Crippen molar-refractivity contribution in [2.24, 2.45) is 0 Å². The van der Waals surface area contributed by atoms with Crippen molar-refractivity contribution < 1.29 is 0 Å². The summed E-state index contributed by atoms with van der Waals surface area (Å²) in [4.78, 5) is 18.8. The zero-order valence-electron chi connectivity index (χ0n) is 22.2. The van der Waals surface area contributed by atoms with Gasteiger partial charge in [-0.05, 0) is 66.6 Å². The predicted octanol–water partition coefficient (Wildman–Crippen LogP) is 1.31. The third-order valence-corrected chi connectivity index (χ3v) is 5.69. The van der Waals surface area contributed by atoms with Gasteiger partial charge in [-0.25, -0.2) is 9.97 Å². The molecule has 0 unspecified atom stereocenters. The summed E-state index contributed by atoms with van der Waals surface area (Å²) in [5, 5.41) is 7.03. The summed E-state index contributed by atoms with van der Waals surface area (Å²) < 4.78 is 0. The van der Waals surface area contributed by atoms with Gasteiger partial charge in [-0.15, -0.1) is 0 Å². The second-order valence-corrected chi connectivity index (χ2v) is 9.59. The van der Waals surface area contributed by atoms with Crippen molar-refractivity contribution in [1.29, 1.82) is 0 Å². The van der Waals surface area contributed by atoms with E-state index in [-0.39, 0.29) is 0 Å². The lowest BCUT2D eigenvalue weighted by Gasteiger charge is -2.19. The Kier molecular flexibility index (Phi) is 13.2. The molecule has 0 aliphatic carbocycles. The van der Waals surface area contributed by atoms with Crippen LogP contribution < -0.4 is 10.6 Å². The van der Waals surface area contributed by atoms with Crippen LogP contribution in [0, 0.1) is 0 Å². The summed E-state index contributed by atoms with van der Waals surface area (Å²) in [7, 11) is 12.8. The maximum absolute atomic E-state index is 4.84. The molecule has 8 heteroatoms. The molecule has 0 aliphatic rings. The van der Waals surface area contributed by atoms with E-state index in [9.17, 15) is 0 Å². The quantitative estimate of drug-likeness (QED) is 0.336. The van der Waals surface area contributed by atoms with Gasteiger partial charge >= 0.3 is 0 Å². The Morgan fingerprint density at radius 1 is 0.559 bits per heavy atom. The summed E-state index contributed by atoms with van der Waals surface area (Å²) >= 11 is 0. The molecule has 0 spiro atoms. The van der Waals surface area contributed by atoms with Crippen molar-refractivity contribution >= 4 is 0 Å². The highest BCUT2D eigenvalue weighted by molar-refractivity contribution is 5.54. The maximum atomic E-state index is 4.84. The van der Waals surface area contributed by atoms with Crippen molar-refractivity contribution in [2.75, 3.05) is 94.6 Å². The Balaban J connectivity index is 1.77. The summed E-state index contributed by atoms with van der Waals surface area (Å²) in [6.45, 7) is 9.77. The van der Waals surface area contributed by atoms with E-state index in [0.717, 1.165) is 88.2 Å². The van der Waals surface area contributed by atoms with Crippen LogP contribution in [0.25, 0.3) is 11.4 Å². The fourth-order valence-corrected chi connectivity index (χ4v) is 3.38. The Bertz CT molecular complexity index is 743. The fourth-order valence-electron chi connectivity index (χ4n) is 3.38. The van der Waals surface area contributed by atoms with Gasteiger partial charge < -0.3 is 30.2 Å². The molecule has 8 nitrogen and oxygen atoms in total. The maximum Gasteiger partial charge on any atom is 0.0890 e. The highest BCUT2D eigenvalue weighted by atomic mass is 15.2. The van der Waals surface area contributed by atoms with Gasteiger partial charge in [0.15, 0.2) is 0 Å². The van der Waals surface area contributed by atoms with Gasteiger partial charge in [0, 0.05) is 65.4 Å². The monoisotopic (exact) mass is 470 g/mol. The Labute approximate surface area is 207 Å². The van der Waals surface area contributed by atoms with E-state index in [1.165, 1.54) is 0 Å². The molecule has 0 aliphatic heterocycles. The lowest BCUT2D eigenvalue weighted by Crippen LogP contribution is -2.34. The van der Waals surface area contributed by atoms with Crippen LogP contribution in [0.3, 0.4) is 0 Å². The molecule has 190 valence electrons. The van der Waals surface area contributed by atoms with Crippen molar-refractivity contribution in [3.05, 3.63) is 47.8 Å². The molecule has 2 rings (SSSR count). The molecule has 0 saturated carbocycles. The van der Waals surface area contributed by atoms with Crippen LogP contribution in [0.4, 0.5) is 0 Å². The van der Waals surface area contributed by atoms with Gasteiger partial charge in [-0.2, -0.15) is 0 Å². The van der Waals surface area contributed by atoms with Crippen LogP contribution in [0.5, 0.6) is 0 Å². The van der Waals surface area contributed by atoms with E-state index >= 15 is 0 Å². The molecule has 34 heavy (non-hydrogen) atoms. The molecule has 0 bridgehead atoms. The standard InChI is InChI=1S/C26H46N8/c1-31(2)17-19-33(5)15-13-27-21-23-9-7-11-25(29-23)26-12-8-10-24(30-26)22-28-14-16-34(6)20-18-32(3)4/h7-12,27-28H,13-22H2,1-6H3. The second-order valence-electron chi connectivity index (χ2n) is 9.59. The van der Waals surface area contributed by atoms with Gasteiger partial charge in [0.05, 0.1) is 22.8 Å². The van der Waals surface area contributed by atoms with Crippen LogP contribution in [0.2, 0.25) is 0 Å². The lowest BCUT2D eigenvalue weighted by molar-refractivity contribution is 0.281. The average Bonchev–Trinajstić information content (AvgIpc) is 2.82. The predicted molar refractivity (Wildman–Crippen MR) is 143 cm³/mol. The zero-order valence-corrected chi connectivity index (χ0v) is 22.2. The SMILES string of the molecule is CN(C)CCN(C)CCNCc1cccc(-c2cccc(CNCCN(C)CCN(C)C)n2)n1. The van der Waals surface area contributed by atoms with Crippen molar-refractivity contribution in [2.45, 2.75) is 13.1 Å². The van der Waals surface area contributed by atoms with Gasteiger partial charge in [-0.1, -0.05) is 12.1 Å². The summed E-state index contributed by atoms with van der Waals surface area (Å²) in [5.41, 5.74) is 3.93. The average molecular weight is 471 g/mol. The van der Waals surface area contributed by atoms with Crippen LogP contribution in [-0.4, -0.2) is 124 Å². The molecule has 0 fully saturated rings. The second kappa shape index (κ2) is 15.9. The molecular formula is C26H46N8. The zero-order chi connectivity index (χ0) is 24.8. The van der Waals surface area contributed by atoms with Crippen molar-refractivity contribution in [3.8, 4) is 11.4 Å². The highest BCUT2D eigenvalue weighted by Gasteiger charge is 2.06. The van der Waals surface area contributed by atoms with Crippen molar-refractivity contribution in [3.63, 3.8) is 0 Å². The third-order valence-electron chi connectivity index (χ3n) is 5.69. The van der Waals surface area contributed by atoms with E-state index in [4.69, 9.17) is 9.97 Å². The summed E-state index contributed by atoms with van der Waals surface area (Å²) in [6.07, 6.45) is 0. The molecule has 0 radical (unpaired) electrons. The lowest BCUT2D eigenvalue weighted by atomic mass is 10.2. The molecule has 2 aromatic rings. The van der Waals surface area contributed by atoms with E-state index in [1.807, 2.05) is 12.1 Å². The summed E-state index contributed by atoms with van der Waals surface area (Å²) in [5.74, 6) is 0. The van der Waals surface area contributed by atoms with E-state index in [0.29, 0.717) is 0 Å². The molecule has 0 saturated heterocycles. The molecule has 0 atom stereocenters. The number of pyridine rings is 2. The number of nitrogens with one attached hydrogen (secondary N) is 2. The number of rotatable bonds is 17. The van der Waals surface area contributed by atoms with Gasteiger partial charge in [0.1, 0.15) is 0 Å². The smallest absolute Gasteiger partial charge is 0.0890 e. The van der Waals surface area contributed by atoms with Gasteiger partial charge in [0.25, 0.3) is 0 Å². The molecule has 2 heterocycles. The van der Waals surface area contributed by atoms with Crippen LogP contribution in [0.15, 0.2) is 36.4 Å². The van der Waals surface area contributed by atoms with Crippen LogP contribution >= 0.6 is 0 Å². The molecule has 2 N–H and O–H groups in total. The van der Waals surface area contributed by atoms with Gasteiger partial charge in [0.2, 0.25) is 0 Å². The van der Waals surface area contributed by atoms with E-state index in [2.05, 4.69) is 96.8 Å². The number of likely N-dealkylation sites (N-methyl/N-ethyl adjacent to an activating group) is 4. The van der Waals surface area contributed by atoms with Crippen LogP contribution in [0.1, 0.15) is 11.4 Å². The Morgan fingerprint density at radius 3 is 1.35 bits per heavy atom. The first-order valence-corrected chi connectivity index (χ1v) is 12.3. The minimum absolute atomic E-state index is 0.762.